The zero-order valence-electron chi connectivity index (χ0n) is 17.6. The summed E-state index contributed by atoms with van der Waals surface area (Å²) in [5.41, 5.74) is 1.56. The molecule has 1 N–H and O–H groups in total. The molecule has 2 aromatic carbocycles. The minimum absolute atomic E-state index is 0.167. The number of hydrogen-bond acceptors (Lipinski definition) is 5. The van der Waals surface area contributed by atoms with Crippen LogP contribution in [-0.4, -0.2) is 28.8 Å². The molecule has 0 saturated heterocycles. The molecule has 0 fully saturated rings. The van der Waals surface area contributed by atoms with Crippen molar-refractivity contribution < 1.29 is 23.9 Å². The maximum atomic E-state index is 13.1. The van der Waals surface area contributed by atoms with E-state index in [2.05, 4.69) is 5.32 Å². The monoisotopic (exact) mass is 420 g/mol. The molecule has 3 rings (SSSR count). The Kier molecular flexibility index (Phi) is 6.87. The van der Waals surface area contributed by atoms with E-state index in [9.17, 15) is 14.4 Å². The number of Topliss-reactive ketones (excluding diaryl/α,β-unsaturated/α-hetero) is 1. The first kappa shape index (κ1) is 21.8. The number of carbonyl (C=O) groups excluding carboxylic acids is 3. The number of rotatable bonds is 8. The Balaban J connectivity index is 1.88. The van der Waals surface area contributed by atoms with Crippen LogP contribution in [0.3, 0.4) is 0 Å². The summed E-state index contributed by atoms with van der Waals surface area (Å²) in [5, 5.41) is 2.79. The summed E-state index contributed by atoms with van der Waals surface area (Å²) in [7, 11) is 1.64. The molecule has 0 unspecified atom stereocenters. The van der Waals surface area contributed by atoms with Crippen molar-refractivity contribution >= 4 is 23.3 Å². The van der Waals surface area contributed by atoms with Gasteiger partial charge in [-0.3, -0.25) is 9.59 Å². The standard InChI is InChI=1S/C24H24N2O5/c1-4-30-21-13-9-8-12-19(21)25-23(28)22(17-10-6-5-7-11-17)31-24(29)20-14-18(16(2)27)15-26(20)3/h5-15,22H,4H2,1-3H3,(H,25,28)/t22-/m1/s1. The lowest BCUT2D eigenvalue weighted by Crippen LogP contribution is -2.26. The highest BCUT2D eigenvalue weighted by Crippen LogP contribution is 2.27. The molecule has 1 amide bonds. The average molecular weight is 420 g/mol. The Labute approximate surface area is 180 Å². The second kappa shape index (κ2) is 9.75. The quantitative estimate of drug-likeness (QED) is 0.437. The zero-order valence-corrected chi connectivity index (χ0v) is 17.6. The van der Waals surface area contributed by atoms with Gasteiger partial charge in [0.2, 0.25) is 6.10 Å². The van der Waals surface area contributed by atoms with Crippen LogP contribution >= 0.6 is 0 Å². The van der Waals surface area contributed by atoms with Crippen molar-refractivity contribution in [2.75, 3.05) is 11.9 Å². The molecule has 0 saturated carbocycles. The molecule has 0 aliphatic rings. The molecule has 31 heavy (non-hydrogen) atoms. The number of nitrogens with zero attached hydrogens (tertiary/aromatic N) is 1. The third-order valence-corrected chi connectivity index (χ3v) is 4.63. The number of carbonyl (C=O) groups is 3. The van der Waals surface area contributed by atoms with Gasteiger partial charge in [-0.15, -0.1) is 0 Å². The van der Waals surface area contributed by atoms with Gasteiger partial charge in [0.15, 0.2) is 5.78 Å². The third kappa shape index (κ3) is 5.19. The number of ether oxygens (including phenoxy) is 2. The van der Waals surface area contributed by atoms with Crippen molar-refractivity contribution in [1.29, 1.82) is 0 Å². The average Bonchev–Trinajstić information content (AvgIpc) is 3.16. The largest absolute Gasteiger partial charge is 0.492 e. The Morgan fingerprint density at radius 3 is 2.35 bits per heavy atom. The van der Waals surface area contributed by atoms with Crippen molar-refractivity contribution in [2.45, 2.75) is 20.0 Å². The molecule has 0 bridgehead atoms. The van der Waals surface area contributed by atoms with Crippen LogP contribution in [0.1, 0.15) is 46.4 Å². The van der Waals surface area contributed by atoms with Crippen molar-refractivity contribution in [3.63, 3.8) is 0 Å². The summed E-state index contributed by atoms with van der Waals surface area (Å²) < 4.78 is 12.7. The molecule has 3 aromatic rings. The van der Waals surface area contributed by atoms with E-state index in [1.165, 1.54) is 17.6 Å². The van der Waals surface area contributed by atoms with Gasteiger partial charge in [-0.05, 0) is 32.0 Å². The molecule has 1 atom stereocenters. The van der Waals surface area contributed by atoms with Gasteiger partial charge in [0.1, 0.15) is 11.4 Å². The summed E-state index contributed by atoms with van der Waals surface area (Å²) in [5.74, 6) is -0.880. The number of esters is 1. The van der Waals surface area contributed by atoms with Gasteiger partial charge in [0.05, 0.1) is 12.3 Å². The number of amides is 1. The minimum atomic E-state index is -1.20. The number of para-hydroxylation sites is 2. The fourth-order valence-corrected chi connectivity index (χ4v) is 3.08. The molecule has 0 radical (unpaired) electrons. The Morgan fingerprint density at radius 2 is 1.71 bits per heavy atom. The van der Waals surface area contributed by atoms with E-state index in [-0.39, 0.29) is 11.5 Å². The van der Waals surface area contributed by atoms with E-state index >= 15 is 0 Å². The van der Waals surface area contributed by atoms with Crippen molar-refractivity contribution in [3.05, 3.63) is 83.7 Å². The summed E-state index contributed by atoms with van der Waals surface area (Å²) in [6, 6.07) is 17.2. The molecule has 0 aliphatic carbocycles. The zero-order chi connectivity index (χ0) is 22.4. The topological polar surface area (TPSA) is 86.6 Å². The Morgan fingerprint density at radius 1 is 1.03 bits per heavy atom. The number of benzene rings is 2. The van der Waals surface area contributed by atoms with Gasteiger partial charge in [0, 0.05) is 24.4 Å². The summed E-state index contributed by atoms with van der Waals surface area (Å²) in [6.45, 7) is 3.71. The lowest BCUT2D eigenvalue weighted by Gasteiger charge is -2.19. The normalized spacial score (nSPS) is 11.5. The van der Waals surface area contributed by atoms with Crippen LogP contribution in [0.2, 0.25) is 0 Å². The second-order valence-corrected chi connectivity index (χ2v) is 6.90. The maximum Gasteiger partial charge on any atom is 0.356 e. The Bertz CT molecular complexity index is 1090. The van der Waals surface area contributed by atoms with Gasteiger partial charge >= 0.3 is 5.97 Å². The number of hydrogen-bond donors (Lipinski definition) is 1. The van der Waals surface area contributed by atoms with Crippen LogP contribution in [0, 0.1) is 0 Å². The molecule has 1 heterocycles. The first-order valence-corrected chi connectivity index (χ1v) is 9.86. The highest BCUT2D eigenvalue weighted by molar-refractivity contribution is 6.00. The van der Waals surface area contributed by atoms with E-state index < -0.39 is 18.0 Å². The molecule has 7 heteroatoms. The van der Waals surface area contributed by atoms with Gasteiger partial charge < -0.3 is 19.4 Å². The number of anilines is 1. The van der Waals surface area contributed by atoms with E-state index in [1.807, 2.05) is 6.92 Å². The molecular formula is C24H24N2O5. The predicted octanol–water partition coefficient (Wildman–Crippen LogP) is 4.16. The minimum Gasteiger partial charge on any atom is -0.492 e. The number of aryl methyl sites for hydroxylation is 1. The number of nitrogens with one attached hydrogen (secondary N) is 1. The molecule has 160 valence electrons. The molecule has 1 aromatic heterocycles. The van der Waals surface area contributed by atoms with Crippen molar-refractivity contribution in [1.82, 2.24) is 4.57 Å². The number of ketones is 1. The van der Waals surface area contributed by atoms with E-state index in [4.69, 9.17) is 9.47 Å². The lowest BCUT2D eigenvalue weighted by molar-refractivity contribution is -0.125. The van der Waals surface area contributed by atoms with Crippen molar-refractivity contribution in [3.8, 4) is 5.75 Å². The smallest absolute Gasteiger partial charge is 0.356 e. The fourth-order valence-electron chi connectivity index (χ4n) is 3.08. The van der Waals surface area contributed by atoms with Gasteiger partial charge in [0.25, 0.3) is 5.91 Å². The predicted molar refractivity (Wildman–Crippen MR) is 116 cm³/mol. The van der Waals surface area contributed by atoms with Crippen LogP contribution < -0.4 is 10.1 Å². The van der Waals surface area contributed by atoms with Gasteiger partial charge in [-0.2, -0.15) is 0 Å². The van der Waals surface area contributed by atoms with E-state index in [0.717, 1.165) is 0 Å². The van der Waals surface area contributed by atoms with E-state index in [1.54, 1.807) is 67.8 Å². The summed E-state index contributed by atoms with van der Waals surface area (Å²) in [6.07, 6.45) is 0.355. The first-order valence-electron chi connectivity index (χ1n) is 9.86. The lowest BCUT2D eigenvalue weighted by atomic mass is 10.1. The molecular weight excluding hydrogens is 396 g/mol. The van der Waals surface area contributed by atoms with Crippen LogP contribution in [0.25, 0.3) is 0 Å². The fraction of sp³-hybridized carbons (Fsp3) is 0.208. The summed E-state index contributed by atoms with van der Waals surface area (Å²) in [4.78, 5) is 37.6. The highest BCUT2D eigenvalue weighted by Gasteiger charge is 2.28. The van der Waals surface area contributed by atoms with Crippen LogP contribution in [0.15, 0.2) is 66.9 Å². The van der Waals surface area contributed by atoms with Crippen molar-refractivity contribution in [2.24, 2.45) is 7.05 Å². The highest BCUT2D eigenvalue weighted by atomic mass is 16.5. The molecule has 0 spiro atoms. The van der Waals surface area contributed by atoms with Crippen LogP contribution in [-0.2, 0) is 16.6 Å². The van der Waals surface area contributed by atoms with Gasteiger partial charge in [-0.25, -0.2) is 4.79 Å². The van der Waals surface area contributed by atoms with Crippen LogP contribution in [0.4, 0.5) is 5.69 Å². The summed E-state index contributed by atoms with van der Waals surface area (Å²) >= 11 is 0. The van der Waals surface area contributed by atoms with Crippen LogP contribution in [0.5, 0.6) is 5.75 Å². The molecule has 0 aliphatic heterocycles. The first-order chi connectivity index (χ1) is 14.9. The maximum absolute atomic E-state index is 13.1. The Hall–Kier alpha value is -3.87. The van der Waals surface area contributed by atoms with Gasteiger partial charge in [-0.1, -0.05) is 42.5 Å². The number of aromatic nitrogens is 1. The van der Waals surface area contributed by atoms with E-state index in [0.29, 0.717) is 29.2 Å². The molecule has 7 nitrogen and oxygen atoms in total. The second-order valence-electron chi connectivity index (χ2n) is 6.90. The third-order valence-electron chi connectivity index (χ3n) is 4.63. The SMILES string of the molecule is CCOc1ccccc1NC(=O)[C@H](OC(=O)c1cc(C(C)=O)cn1C)c1ccccc1.